The van der Waals surface area contributed by atoms with Crippen molar-refractivity contribution < 1.29 is 0 Å². The van der Waals surface area contributed by atoms with Crippen molar-refractivity contribution in [3.05, 3.63) is 22.3 Å². The molecule has 1 aromatic heterocycles. The van der Waals surface area contributed by atoms with Crippen LogP contribution >= 0.6 is 15.9 Å². The number of piperidine rings is 1. The maximum absolute atomic E-state index is 4.65. The summed E-state index contributed by atoms with van der Waals surface area (Å²) < 4.78 is 1.07. The lowest BCUT2D eigenvalue weighted by Crippen LogP contribution is -2.46. The third kappa shape index (κ3) is 3.29. The second-order valence-corrected chi connectivity index (χ2v) is 6.74. The van der Waals surface area contributed by atoms with Crippen LogP contribution in [0.2, 0.25) is 0 Å². The molecule has 0 radical (unpaired) electrons. The Bertz CT molecular complexity index is 445. The number of nitrogens with zero attached hydrogens (tertiary/aromatic N) is 2. The van der Waals surface area contributed by atoms with Gasteiger partial charge in [0.05, 0.1) is 0 Å². The Morgan fingerprint density at radius 1 is 1.37 bits per heavy atom. The van der Waals surface area contributed by atoms with Crippen molar-refractivity contribution >= 4 is 21.7 Å². The van der Waals surface area contributed by atoms with Gasteiger partial charge in [-0.2, -0.15) is 0 Å². The van der Waals surface area contributed by atoms with Gasteiger partial charge in [-0.1, -0.05) is 0 Å². The van der Waals surface area contributed by atoms with E-state index in [2.05, 4.69) is 44.1 Å². The van der Waals surface area contributed by atoms with E-state index in [4.69, 9.17) is 0 Å². The highest BCUT2D eigenvalue weighted by molar-refractivity contribution is 9.10. The molecule has 2 fully saturated rings. The van der Waals surface area contributed by atoms with Crippen molar-refractivity contribution in [1.82, 2.24) is 10.3 Å². The number of anilines is 1. The van der Waals surface area contributed by atoms with Crippen molar-refractivity contribution in [1.29, 1.82) is 0 Å². The third-order valence-corrected chi connectivity index (χ3v) is 4.57. The van der Waals surface area contributed by atoms with Gasteiger partial charge in [-0.05, 0) is 66.6 Å². The standard InChI is InChI=1S/C15H22BrN3/c1-11-8-12(16)9-18-15(11)19-7-3-2-4-14(19)10-17-13-5-6-13/h8-9,13-14,17H,2-7,10H2,1H3. The molecule has 1 saturated heterocycles. The maximum atomic E-state index is 4.65. The Balaban J connectivity index is 1.74. The summed E-state index contributed by atoms with van der Waals surface area (Å²) in [5.41, 5.74) is 1.27. The molecule has 0 bridgehead atoms. The molecule has 19 heavy (non-hydrogen) atoms. The number of nitrogens with one attached hydrogen (secondary N) is 1. The van der Waals surface area contributed by atoms with E-state index in [9.17, 15) is 0 Å². The fourth-order valence-corrected chi connectivity index (χ4v) is 3.36. The highest BCUT2D eigenvalue weighted by atomic mass is 79.9. The Labute approximate surface area is 123 Å². The predicted molar refractivity (Wildman–Crippen MR) is 82.7 cm³/mol. The van der Waals surface area contributed by atoms with E-state index in [0.29, 0.717) is 6.04 Å². The van der Waals surface area contributed by atoms with E-state index in [-0.39, 0.29) is 0 Å². The number of aromatic nitrogens is 1. The van der Waals surface area contributed by atoms with E-state index in [0.717, 1.165) is 23.6 Å². The molecule has 2 aliphatic rings. The second kappa shape index (κ2) is 5.80. The lowest BCUT2D eigenvalue weighted by atomic mass is 10.0. The molecular weight excluding hydrogens is 302 g/mol. The molecule has 1 unspecified atom stereocenters. The molecule has 1 saturated carbocycles. The number of hydrogen-bond acceptors (Lipinski definition) is 3. The molecule has 0 spiro atoms. The Kier molecular flexibility index (Phi) is 4.08. The van der Waals surface area contributed by atoms with Gasteiger partial charge < -0.3 is 10.2 Å². The van der Waals surface area contributed by atoms with Crippen LogP contribution in [0.3, 0.4) is 0 Å². The van der Waals surface area contributed by atoms with Crippen LogP contribution in [0.25, 0.3) is 0 Å². The van der Waals surface area contributed by atoms with Gasteiger partial charge >= 0.3 is 0 Å². The summed E-state index contributed by atoms with van der Waals surface area (Å²) in [6.45, 7) is 4.42. The topological polar surface area (TPSA) is 28.2 Å². The van der Waals surface area contributed by atoms with Gasteiger partial charge in [0.1, 0.15) is 5.82 Å². The molecule has 0 amide bonds. The Hall–Kier alpha value is -0.610. The minimum absolute atomic E-state index is 0.613. The molecule has 1 aliphatic heterocycles. The van der Waals surface area contributed by atoms with Crippen molar-refractivity contribution in [3.63, 3.8) is 0 Å². The molecule has 1 aliphatic carbocycles. The van der Waals surface area contributed by atoms with Crippen LogP contribution in [0.5, 0.6) is 0 Å². The summed E-state index contributed by atoms with van der Waals surface area (Å²) in [5, 5.41) is 3.68. The van der Waals surface area contributed by atoms with Gasteiger partial charge in [0.25, 0.3) is 0 Å². The number of halogens is 1. The predicted octanol–water partition coefficient (Wildman–Crippen LogP) is 3.26. The van der Waals surface area contributed by atoms with E-state index >= 15 is 0 Å². The monoisotopic (exact) mass is 323 g/mol. The van der Waals surface area contributed by atoms with Gasteiger partial charge in [-0.15, -0.1) is 0 Å². The smallest absolute Gasteiger partial charge is 0.131 e. The zero-order valence-corrected chi connectivity index (χ0v) is 13.1. The molecule has 0 aromatic carbocycles. The summed E-state index contributed by atoms with van der Waals surface area (Å²) in [6, 6.07) is 3.58. The van der Waals surface area contributed by atoms with Gasteiger partial charge in [0.2, 0.25) is 0 Å². The average Bonchev–Trinajstić information content (AvgIpc) is 3.21. The summed E-state index contributed by atoms with van der Waals surface area (Å²) in [6.07, 6.45) is 8.57. The second-order valence-electron chi connectivity index (χ2n) is 5.82. The molecule has 3 rings (SSSR count). The molecule has 4 heteroatoms. The van der Waals surface area contributed by atoms with Crippen LogP contribution in [0, 0.1) is 6.92 Å². The summed E-state index contributed by atoms with van der Waals surface area (Å²) >= 11 is 3.50. The first-order valence-electron chi connectivity index (χ1n) is 7.36. The van der Waals surface area contributed by atoms with E-state index in [1.807, 2.05) is 6.20 Å². The Morgan fingerprint density at radius 2 is 2.21 bits per heavy atom. The van der Waals surface area contributed by atoms with Crippen LogP contribution < -0.4 is 10.2 Å². The van der Waals surface area contributed by atoms with Crippen molar-refractivity contribution in [2.75, 3.05) is 18.0 Å². The van der Waals surface area contributed by atoms with Crippen LogP contribution in [-0.2, 0) is 0 Å². The fourth-order valence-electron chi connectivity index (χ4n) is 2.92. The average molecular weight is 324 g/mol. The fraction of sp³-hybridized carbons (Fsp3) is 0.667. The molecule has 1 atom stereocenters. The van der Waals surface area contributed by atoms with E-state index in [1.165, 1.54) is 43.5 Å². The molecule has 1 N–H and O–H groups in total. The normalized spacial score (nSPS) is 23.7. The largest absolute Gasteiger partial charge is 0.352 e. The minimum atomic E-state index is 0.613. The third-order valence-electron chi connectivity index (χ3n) is 4.14. The zero-order valence-electron chi connectivity index (χ0n) is 11.5. The number of hydrogen-bond donors (Lipinski definition) is 1. The minimum Gasteiger partial charge on any atom is -0.352 e. The van der Waals surface area contributed by atoms with Crippen LogP contribution in [0.1, 0.15) is 37.7 Å². The Morgan fingerprint density at radius 3 is 2.95 bits per heavy atom. The highest BCUT2D eigenvalue weighted by Crippen LogP contribution is 2.28. The quantitative estimate of drug-likeness (QED) is 0.921. The molecule has 1 aromatic rings. The molecule has 104 valence electrons. The highest BCUT2D eigenvalue weighted by Gasteiger charge is 2.27. The van der Waals surface area contributed by atoms with Crippen LogP contribution in [-0.4, -0.2) is 30.2 Å². The molecule has 3 nitrogen and oxygen atoms in total. The van der Waals surface area contributed by atoms with E-state index < -0.39 is 0 Å². The first-order chi connectivity index (χ1) is 9.24. The van der Waals surface area contributed by atoms with Crippen LogP contribution in [0.4, 0.5) is 5.82 Å². The number of rotatable bonds is 4. The van der Waals surface area contributed by atoms with Crippen molar-refractivity contribution in [2.45, 2.75) is 51.1 Å². The lowest BCUT2D eigenvalue weighted by Gasteiger charge is -2.37. The number of aryl methyl sites for hydroxylation is 1. The SMILES string of the molecule is Cc1cc(Br)cnc1N1CCCCC1CNC1CC1. The zero-order chi connectivity index (χ0) is 13.2. The first-order valence-corrected chi connectivity index (χ1v) is 8.15. The van der Waals surface area contributed by atoms with Crippen molar-refractivity contribution in [2.24, 2.45) is 0 Å². The van der Waals surface area contributed by atoms with Gasteiger partial charge in [-0.25, -0.2) is 4.98 Å². The first kappa shape index (κ1) is 13.4. The summed E-state index contributed by atoms with van der Waals surface area (Å²) in [7, 11) is 0. The summed E-state index contributed by atoms with van der Waals surface area (Å²) in [4.78, 5) is 7.16. The molecular formula is C15H22BrN3. The van der Waals surface area contributed by atoms with E-state index in [1.54, 1.807) is 0 Å². The van der Waals surface area contributed by atoms with Gasteiger partial charge in [0, 0.05) is 35.8 Å². The van der Waals surface area contributed by atoms with Crippen LogP contribution in [0.15, 0.2) is 16.7 Å². The van der Waals surface area contributed by atoms with Gasteiger partial charge in [-0.3, -0.25) is 0 Å². The number of pyridine rings is 1. The van der Waals surface area contributed by atoms with Gasteiger partial charge in [0.15, 0.2) is 0 Å². The maximum Gasteiger partial charge on any atom is 0.131 e. The molecule has 2 heterocycles. The van der Waals surface area contributed by atoms with Crippen molar-refractivity contribution in [3.8, 4) is 0 Å². The lowest BCUT2D eigenvalue weighted by molar-refractivity contribution is 0.431. The summed E-state index contributed by atoms with van der Waals surface area (Å²) in [5.74, 6) is 1.17.